The van der Waals surface area contributed by atoms with E-state index >= 15 is 0 Å². The Kier molecular flexibility index (Phi) is 3.26. The van der Waals surface area contributed by atoms with E-state index in [0.717, 1.165) is 5.69 Å². The van der Waals surface area contributed by atoms with Crippen LogP contribution in [0.3, 0.4) is 0 Å². The molecule has 0 aliphatic rings. The van der Waals surface area contributed by atoms with Crippen molar-refractivity contribution in [1.82, 2.24) is 9.78 Å². The first-order valence-electron chi connectivity index (χ1n) is 5.88. The number of halogens is 1. The van der Waals surface area contributed by atoms with Gasteiger partial charge in [-0.3, -0.25) is 4.79 Å². The molecule has 2 aromatic heterocycles. The Bertz CT molecular complexity index is 734. The summed E-state index contributed by atoms with van der Waals surface area (Å²) in [6.45, 7) is 0. The summed E-state index contributed by atoms with van der Waals surface area (Å²) in [6.07, 6.45) is 4.89. The summed E-state index contributed by atoms with van der Waals surface area (Å²) >= 11 is 5.77. The lowest BCUT2D eigenvalue weighted by Crippen LogP contribution is -2.11. The van der Waals surface area contributed by atoms with E-state index < -0.39 is 0 Å². The molecule has 1 N–H and O–H groups in total. The maximum atomic E-state index is 12.0. The average molecular weight is 288 g/mol. The smallest absolute Gasteiger partial charge is 0.260 e. The van der Waals surface area contributed by atoms with Gasteiger partial charge in [0.15, 0.2) is 0 Å². The monoisotopic (exact) mass is 287 g/mol. The summed E-state index contributed by atoms with van der Waals surface area (Å²) in [5, 5.41) is 6.98. The van der Waals surface area contributed by atoms with Crippen LogP contribution in [0.15, 0.2) is 59.5 Å². The lowest BCUT2D eigenvalue weighted by molar-refractivity contribution is 0.102. The van der Waals surface area contributed by atoms with Gasteiger partial charge in [-0.15, -0.1) is 0 Å². The predicted molar refractivity (Wildman–Crippen MR) is 75.2 cm³/mol. The molecule has 100 valence electrons. The van der Waals surface area contributed by atoms with E-state index in [-0.39, 0.29) is 11.1 Å². The first-order chi connectivity index (χ1) is 9.74. The Labute approximate surface area is 119 Å². The van der Waals surface area contributed by atoms with E-state index in [1.54, 1.807) is 16.9 Å². The fourth-order valence-electron chi connectivity index (χ4n) is 1.80. The number of carbonyl (C=O) groups is 1. The van der Waals surface area contributed by atoms with Crippen molar-refractivity contribution in [2.24, 2.45) is 0 Å². The summed E-state index contributed by atoms with van der Waals surface area (Å²) in [7, 11) is 0. The number of anilines is 1. The van der Waals surface area contributed by atoms with Crippen molar-refractivity contribution in [3.8, 4) is 5.69 Å². The van der Waals surface area contributed by atoms with Gasteiger partial charge in [-0.25, -0.2) is 4.68 Å². The number of aromatic nitrogens is 2. The van der Waals surface area contributed by atoms with Crippen molar-refractivity contribution < 1.29 is 9.21 Å². The van der Waals surface area contributed by atoms with E-state index in [1.807, 2.05) is 30.5 Å². The molecular formula is C14H10ClN3O2. The fraction of sp³-hybridized carbons (Fsp3) is 0. The first-order valence-corrected chi connectivity index (χ1v) is 6.26. The molecule has 3 aromatic rings. The van der Waals surface area contributed by atoms with Gasteiger partial charge >= 0.3 is 0 Å². The summed E-state index contributed by atoms with van der Waals surface area (Å²) in [5.41, 5.74) is 1.81. The number of carbonyl (C=O) groups excluding carboxylic acids is 1. The van der Waals surface area contributed by atoms with Gasteiger partial charge in [0, 0.05) is 18.1 Å². The molecule has 0 saturated heterocycles. The van der Waals surface area contributed by atoms with Crippen molar-refractivity contribution in [3.05, 3.63) is 65.8 Å². The van der Waals surface area contributed by atoms with E-state index in [9.17, 15) is 4.79 Å². The van der Waals surface area contributed by atoms with E-state index in [0.29, 0.717) is 11.3 Å². The minimum absolute atomic E-state index is 0.0748. The quantitative estimate of drug-likeness (QED) is 0.803. The Morgan fingerprint density at radius 1 is 1.30 bits per heavy atom. The molecule has 6 heteroatoms. The molecule has 0 unspecified atom stereocenters. The van der Waals surface area contributed by atoms with Crippen molar-refractivity contribution in [2.75, 3.05) is 5.32 Å². The number of hydrogen-bond donors (Lipinski definition) is 1. The molecular weight excluding hydrogens is 278 g/mol. The van der Waals surface area contributed by atoms with Crippen LogP contribution in [0.4, 0.5) is 5.69 Å². The van der Waals surface area contributed by atoms with Crippen molar-refractivity contribution in [1.29, 1.82) is 0 Å². The Hall–Kier alpha value is -2.53. The van der Waals surface area contributed by atoms with E-state index in [4.69, 9.17) is 16.0 Å². The van der Waals surface area contributed by atoms with Crippen LogP contribution >= 0.6 is 11.6 Å². The summed E-state index contributed by atoms with van der Waals surface area (Å²) in [6, 6.07) is 10.7. The summed E-state index contributed by atoms with van der Waals surface area (Å²) < 4.78 is 6.61. The molecule has 0 radical (unpaired) electrons. The highest BCUT2D eigenvalue weighted by Crippen LogP contribution is 2.19. The predicted octanol–water partition coefficient (Wildman–Crippen LogP) is 3.37. The minimum Gasteiger partial charge on any atom is -0.452 e. The molecule has 0 saturated carbocycles. The number of nitrogens with zero attached hydrogens (tertiary/aromatic N) is 2. The largest absolute Gasteiger partial charge is 0.452 e. The van der Waals surface area contributed by atoms with Crippen LogP contribution in [0.5, 0.6) is 0 Å². The molecule has 3 rings (SSSR count). The maximum absolute atomic E-state index is 12.0. The van der Waals surface area contributed by atoms with E-state index in [1.165, 1.54) is 12.3 Å². The first kappa shape index (κ1) is 12.5. The Balaban J connectivity index is 1.83. The SMILES string of the molecule is O=C(Nc1cccc(-n2cccn2)c1)c1ccoc1Cl. The average Bonchev–Trinajstić information content (AvgIpc) is 3.09. The maximum Gasteiger partial charge on any atom is 0.260 e. The molecule has 0 aliphatic heterocycles. The van der Waals surface area contributed by atoms with Crippen LogP contribution in [0.25, 0.3) is 5.69 Å². The van der Waals surface area contributed by atoms with Crippen LogP contribution < -0.4 is 5.32 Å². The third-order valence-electron chi connectivity index (χ3n) is 2.74. The van der Waals surface area contributed by atoms with Crippen LogP contribution in [0.1, 0.15) is 10.4 Å². The van der Waals surface area contributed by atoms with Gasteiger partial charge < -0.3 is 9.73 Å². The minimum atomic E-state index is -0.318. The third-order valence-corrected chi connectivity index (χ3v) is 3.03. The molecule has 2 heterocycles. The Morgan fingerprint density at radius 3 is 2.90 bits per heavy atom. The second kappa shape index (κ2) is 5.22. The Morgan fingerprint density at radius 2 is 2.20 bits per heavy atom. The molecule has 20 heavy (non-hydrogen) atoms. The number of furan rings is 1. The molecule has 5 nitrogen and oxygen atoms in total. The van der Waals surface area contributed by atoms with Crippen molar-refractivity contribution >= 4 is 23.2 Å². The lowest BCUT2D eigenvalue weighted by Gasteiger charge is -2.06. The molecule has 0 bridgehead atoms. The van der Waals surface area contributed by atoms with Gasteiger partial charge in [0.25, 0.3) is 5.91 Å². The van der Waals surface area contributed by atoms with Crippen LogP contribution in [-0.4, -0.2) is 15.7 Å². The van der Waals surface area contributed by atoms with Crippen LogP contribution in [0, 0.1) is 0 Å². The summed E-state index contributed by atoms with van der Waals surface area (Å²) in [5.74, 6) is -0.318. The third kappa shape index (κ3) is 2.44. The normalized spacial score (nSPS) is 10.4. The second-order valence-electron chi connectivity index (χ2n) is 4.06. The molecule has 1 amide bonds. The van der Waals surface area contributed by atoms with E-state index in [2.05, 4.69) is 10.4 Å². The molecule has 0 atom stereocenters. The molecule has 0 aliphatic carbocycles. The highest BCUT2D eigenvalue weighted by Gasteiger charge is 2.13. The second-order valence-corrected chi connectivity index (χ2v) is 4.41. The number of amides is 1. The number of nitrogens with one attached hydrogen (secondary N) is 1. The van der Waals surface area contributed by atoms with Gasteiger partial charge in [0.1, 0.15) is 0 Å². The van der Waals surface area contributed by atoms with Crippen molar-refractivity contribution in [2.45, 2.75) is 0 Å². The zero-order valence-electron chi connectivity index (χ0n) is 10.3. The van der Waals surface area contributed by atoms with Crippen LogP contribution in [0.2, 0.25) is 5.22 Å². The van der Waals surface area contributed by atoms with Gasteiger partial charge in [-0.05, 0) is 41.9 Å². The lowest BCUT2D eigenvalue weighted by atomic mass is 10.2. The number of rotatable bonds is 3. The zero-order valence-corrected chi connectivity index (χ0v) is 11.0. The summed E-state index contributed by atoms with van der Waals surface area (Å²) in [4.78, 5) is 12.0. The zero-order chi connectivity index (χ0) is 13.9. The molecule has 0 spiro atoms. The molecule has 0 fully saturated rings. The molecule has 1 aromatic carbocycles. The van der Waals surface area contributed by atoms with Crippen molar-refractivity contribution in [3.63, 3.8) is 0 Å². The fourth-order valence-corrected chi connectivity index (χ4v) is 2.00. The standard InChI is InChI=1S/C14H10ClN3O2/c15-13-12(5-8-20-13)14(19)17-10-3-1-4-11(9-10)18-7-2-6-16-18/h1-9H,(H,17,19). The highest BCUT2D eigenvalue weighted by atomic mass is 35.5. The number of benzene rings is 1. The number of hydrogen-bond acceptors (Lipinski definition) is 3. The topological polar surface area (TPSA) is 60.1 Å². The van der Waals surface area contributed by atoms with Gasteiger partial charge in [0.2, 0.25) is 5.22 Å². The highest BCUT2D eigenvalue weighted by molar-refractivity contribution is 6.32. The van der Waals surface area contributed by atoms with Gasteiger partial charge in [0.05, 0.1) is 17.5 Å². The van der Waals surface area contributed by atoms with Gasteiger partial charge in [-0.2, -0.15) is 5.10 Å². The van der Waals surface area contributed by atoms with Crippen LogP contribution in [-0.2, 0) is 0 Å². The van der Waals surface area contributed by atoms with Gasteiger partial charge in [-0.1, -0.05) is 6.07 Å².